The zero-order valence-electron chi connectivity index (χ0n) is 8.51. The van der Waals surface area contributed by atoms with Gasteiger partial charge in [-0.25, -0.2) is 0 Å². The Morgan fingerprint density at radius 1 is 1.46 bits per heavy atom. The summed E-state index contributed by atoms with van der Waals surface area (Å²) in [5, 5.41) is 16.0. The van der Waals surface area contributed by atoms with E-state index in [1.807, 2.05) is 0 Å². The number of nitrogens with one attached hydrogen (secondary N) is 1. The summed E-state index contributed by atoms with van der Waals surface area (Å²) in [7, 11) is 1.54. The van der Waals surface area contributed by atoms with Gasteiger partial charge in [0.15, 0.2) is 0 Å². The minimum Gasteiger partial charge on any atom is -0.480 e. The fourth-order valence-electron chi connectivity index (χ4n) is 1.28. The van der Waals surface area contributed by atoms with E-state index in [1.165, 1.54) is 0 Å². The molecule has 1 rings (SSSR count). The second-order valence-corrected chi connectivity index (χ2v) is 3.99. The van der Waals surface area contributed by atoms with Gasteiger partial charge in [-0.05, 0) is 0 Å². The van der Waals surface area contributed by atoms with Crippen molar-refractivity contribution in [2.45, 2.75) is 32.8 Å². The van der Waals surface area contributed by atoms with Crippen LogP contribution in [-0.4, -0.2) is 22.4 Å². The molecule has 74 valence electrons. The van der Waals surface area contributed by atoms with Gasteiger partial charge >= 0.3 is 0 Å². The number of aromatic nitrogens is 2. The summed E-state index contributed by atoms with van der Waals surface area (Å²) in [5.41, 5.74) is 1.61. The molecule has 0 unspecified atom stereocenters. The van der Waals surface area contributed by atoms with Crippen LogP contribution in [0.5, 0.6) is 5.88 Å². The monoisotopic (exact) mass is 184 g/mol. The Morgan fingerprint density at radius 2 is 2.08 bits per heavy atom. The van der Waals surface area contributed by atoms with Gasteiger partial charge in [0.2, 0.25) is 5.88 Å². The van der Waals surface area contributed by atoms with Crippen LogP contribution in [0.1, 0.15) is 32.0 Å². The maximum atomic E-state index is 9.14. The Bertz CT molecular complexity index is 286. The number of rotatable bonds is 2. The molecule has 0 aromatic carbocycles. The molecule has 2 N–H and O–H groups in total. The van der Waals surface area contributed by atoms with Crippen LogP contribution in [0.4, 0.5) is 0 Å². The predicted molar refractivity (Wildman–Crippen MR) is 49.8 cm³/mol. The molecule has 0 saturated carbocycles. The van der Waals surface area contributed by atoms with Crippen molar-refractivity contribution in [3.63, 3.8) is 0 Å². The van der Waals surface area contributed by atoms with E-state index in [9.17, 15) is 0 Å². The second kappa shape index (κ2) is 3.38. The average Bonchev–Trinajstić information content (AvgIpc) is 2.45. The molecule has 0 bridgehead atoms. The van der Waals surface area contributed by atoms with Gasteiger partial charge in [0.25, 0.3) is 0 Å². The number of aliphatic hydroxyl groups excluding tert-OH is 1. The lowest BCUT2D eigenvalue weighted by Gasteiger charge is -2.17. The van der Waals surface area contributed by atoms with Crippen molar-refractivity contribution in [2.24, 2.45) is 0 Å². The van der Waals surface area contributed by atoms with Crippen molar-refractivity contribution in [3.8, 4) is 5.88 Å². The molecule has 1 aromatic rings. The Kier molecular flexibility index (Phi) is 2.61. The predicted octanol–water partition coefficient (Wildman–Crippen LogP) is 1.21. The van der Waals surface area contributed by atoms with Crippen molar-refractivity contribution >= 4 is 0 Å². The van der Waals surface area contributed by atoms with E-state index in [4.69, 9.17) is 9.84 Å². The molecule has 0 atom stereocenters. The third-order valence-corrected chi connectivity index (χ3v) is 1.93. The van der Waals surface area contributed by atoms with Crippen molar-refractivity contribution in [3.05, 3.63) is 11.3 Å². The number of aliphatic hydroxyl groups is 1. The average molecular weight is 184 g/mol. The highest BCUT2D eigenvalue weighted by Gasteiger charge is 2.23. The third-order valence-electron chi connectivity index (χ3n) is 1.93. The van der Waals surface area contributed by atoms with E-state index >= 15 is 0 Å². The lowest BCUT2D eigenvalue weighted by Crippen LogP contribution is -2.14. The van der Waals surface area contributed by atoms with Crippen LogP contribution in [0.15, 0.2) is 0 Å². The van der Waals surface area contributed by atoms with Gasteiger partial charge < -0.3 is 9.84 Å². The molecule has 0 spiro atoms. The summed E-state index contributed by atoms with van der Waals surface area (Å²) in [6, 6.07) is 0. The maximum Gasteiger partial charge on any atom is 0.238 e. The number of H-pyrrole nitrogens is 1. The van der Waals surface area contributed by atoms with Gasteiger partial charge in [0, 0.05) is 5.41 Å². The van der Waals surface area contributed by atoms with E-state index in [0.29, 0.717) is 5.88 Å². The lowest BCUT2D eigenvalue weighted by atomic mass is 9.89. The van der Waals surface area contributed by atoms with Crippen LogP contribution in [-0.2, 0) is 12.0 Å². The SMILES string of the molecule is COc1n[nH]c(C(C)(C)C)c1CO. The minimum absolute atomic E-state index is 0.0493. The van der Waals surface area contributed by atoms with Crippen molar-refractivity contribution < 1.29 is 9.84 Å². The lowest BCUT2D eigenvalue weighted by molar-refractivity contribution is 0.270. The molecule has 0 fully saturated rings. The summed E-state index contributed by atoms with van der Waals surface area (Å²) in [6.07, 6.45) is 0. The summed E-state index contributed by atoms with van der Waals surface area (Å²) < 4.78 is 5.01. The molecule has 0 aliphatic rings. The summed E-state index contributed by atoms with van der Waals surface area (Å²) in [5.74, 6) is 0.479. The highest BCUT2D eigenvalue weighted by Crippen LogP contribution is 2.28. The van der Waals surface area contributed by atoms with E-state index in [1.54, 1.807) is 7.11 Å². The molecule has 0 saturated heterocycles. The molecule has 0 amide bonds. The van der Waals surface area contributed by atoms with Crippen LogP contribution in [0.25, 0.3) is 0 Å². The number of nitrogens with zero attached hydrogens (tertiary/aromatic N) is 1. The van der Waals surface area contributed by atoms with Crippen LogP contribution < -0.4 is 4.74 Å². The number of methoxy groups -OCH3 is 1. The fraction of sp³-hybridized carbons (Fsp3) is 0.667. The first kappa shape index (κ1) is 10.1. The van der Waals surface area contributed by atoms with Gasteiger partial charge in [0.1, 0.15) is 0 Å². The Morgan fingerprint density at radius 3 is 2.46 bits per heavy atom. The highest BCUT2D eigenvalue weighted by molar-refractivity contribution is 5.33. The topological polar surface area (TPSA) is 58.1 Å². The molecule has 0 aliphatic carbocycles. The first-order chi connectivity index (χ1) is 6.00. The normalized spacial score (nSPS) is 11.8. The Labute approximate surface area is 77.9 Å². The largest absolute Gasteiger partial charge is 0.480 e. The highest BCUT2D eigenvalue weighted by atomic mass is 16.5. The zero-order chi connectivity index (χ0) is 10.1. The second-order valence-electron chi connectivity index (χ2n) is 3.99. The quantitative estimate of drug-likeness (QED) is 0.726. The zero-order valence-corrected chi connectivity index (χ0v) is 8.51. The van der Waals surface area contributed by atoms with E-state index in [0.717, 1.165) is 11.3 Å². The number of aromatic amines is 1. The first-order valence-electron chi connectivity index (χ1n) is 4.23. The Balaban J connectivity index is 3.16. The minimum atomic E-state index is -0.0537. The van der Waals surface area contributed by atoms with Crippen LogP contribution in [0.2, 0.25) is 0 Å². The van der Waals surface area contributed by atoms with E-state index < -0.39 is 0 Å². The van der Waals surface area contributed by atoms with E-state index in [2.05, 4.69) is 31.0 Å². The number of hydrogen-bond donors (Lipinski definition) is 2. The summed E-state index contributed by atoms with van der Waals surface area (Å²) in [6.45, 7) is 6.11. The van der Waals surface area contributed by atoms with Gasteiger partial charge in [-0.15, -0.1) is 5.10 Å². The Hall–Kier alpha value is -1.03. The molecule has 13 heavy (non-hydrogen) atoms. The van der Waals surface area contributed by atoms with E-state index in [-0.39, 0.29) is 12.0 Å². The molecular formula is C9H16N2O2. The van der Waals surface area contributed by atoms with Gasteiger partial charge in [-0.3, -0.25) is 5.10 Å². The van der Waals surface area contributed by atoms with Crippen molar-refractivity contribution in [2.75, 3.05) is 7.11 Å². The molecule has 0 aliphatic heterocycles. The first-order valence-corrected chi connectivity index (χ1v) is 4.23. The van der Waals surface area contributed by atoms with Gasteiger partial charge in [0.05, 0.1) is 25.0 Å². The molecular weight excluding hydrogens is 168 g/mol. The van der Waals surface area contributed by atoms with Gasteiger partial charge in [-0.1, -0.05) is 20.8 Å². The third kappa shape index (κ3) is 1.83. The van der Waals surface area contributed by atoms with Gasteiger partial charge in [-0.2, -0.15) is 0 Å². The summed E-state index contributed by atoms with van der Waals surface area (Å²) in [4.78, 5) is 0. The van der Waals surface area contributed by atoms with Crippen molar-refractivity contribution in [1.29, 1.82) is 0 Å². The molecule has 4 heteroatoms. The molecule has 1 aromatic heterocycles. The van der Waals surface area contributed by atoms with Crippen LogP contribution in [0.3, 0.4) is 0 Å². The molecule has 1 heterocycles. The number of hydrogen-bond acceptors (Lipinski definition) is 3. The fourth-order valence-corrected chi connectivity index (χ4v) is 1.28. The molecule has 4 nitrogen and oxygen atoms in total. The molecule has 0 radical (unpaired) electrons. The summed E-state index contributed by atoms with van der Waals surface area (Å²) >= 11 is 0. The smallest absolute Gasteiger partial charge is 0.238 e. The van der Waals surface area contributed by atoms with Crippen molar-refractivity contribution in [1.82, 2.24) is 10.2 Å². The number of ether oxygens (including phenoxy) is 1. The van der Waals surface area contributed by atoms with Crippen LogP contribution in [0, 0.1) is 0 Å². The standard InChI is InChI=1S/C9H16N2O2/c1-9(2,3)7-6(5-12)8(13-4)11-10-7/h12H,5H2,1-4H3,(H,10,11). The van der Waals surface area contributed by atoms with Crippen LogP contribution >= 0.6 is 0 Å². The maximum absolute atomic E-state index is 9.14.